The lowest BCUT2D eigenvalue weighted by atomic mass is 10.4. The summed E-state index contributed by atoms with van der Waals surface area (Å²) in [5.41, 5.74) is 0. The average molecular weight is 127 g/mol. The van der Waals surface area contributed by atoms with Crippen LogP contribution in [0.15, 0.2) is 0 Å². The second kappa shape index (κ2) is 2.70. The molecule has 1 nitrogen and oxygen atoms in total. The van der Waals surface area contributed by atoms with Gasteiger partial charge in [0.1, 0.15) is 0 Å². The lowest BCUT2D eigenvalue weighted by molar-refractivity contribution is -0.897. The van der Waals surface area contributed by atoms with Gasteiger partial charge in [0.05, 0.1) is 26.7 Å². The molecule has 0 aliphatic carbocycles. The molecule has 0 saturated carbocycles. The predicted octanol–water partition coefficient (Wildman–Crippen LogP) is 1.45. The van der Waals surface area contributed by atoms with Gasteiger partial charge in [-0.2, -0.15) is 0 Å². The maximum Gasteiger partial charge on any atom is 0.0786 e. The maximum atomic E-state index is 3.88. The molecule has 0 spiro atoms. The fourth-order valence-corrected chi connectivity index (χ4v) is 1.70. The topological polar surface area (TPSA) is 0 Å². The molecule has 1 fully saturated rings. The molecule has 0 aromatic carbocycles. The highest BCUT2D eigenvalue weighted by Crippen LogP contribution is 2.15. The van der Waals surface area contributed by atoms with Crippen molar-refractivity contribution in [1.82, 2.24) is 0 Å². The van der Waals surface area contributed by atoms with Crippen molar-refractivity contribution in [2.75, 3.05) is 26.7 Å². The number of nitrogens with zero attached hydrogens (tertiary/aromatic N) is 1. The molecular formula is C8H17N+. The van der Waals surface area contributed by atoms with Crippen LogP contribution in [-0.2, 0) is 0 Å². The van der Waals surface area contributed by atoms with Crippen molar-refractivity contribution >= 4 is 0 Å². The molecule has 53 valence electrons. The Bertz CT molecular complexity index is 82.6. The second-order valence-electron chi connectivity index (χ2n) is 3.35. The largest absolute Gasteiger partial charge is 0.326 e. The van der Waals surface area contributed by atoms with E-state index in [2.05, 4.69) is 14.0 Å². The molecule has 9 heavy (non-hydrogen) atoms. The van der Waals surface area contributed by atoms with Gasteiger partial charge in [0.2, 0.25) is 0 Å². The van der Waals surface area contributed by atoms with E-state index in [9.17, 15) is 0 Å². The zero-order chi connectivity index (χ0) is 6.74. The Morgan fingerprint density at radius 3 is 2.33 bits per heavy atom. The van der Waals surface area contributed by atoms with Crippen LogP contribution in [-0.4, -0.2) is 31.2 Å². The first-order valence-corrected chi connectivity index (χ1v) is 3.90. The van der Waals surface area contributed by atoms with Gasteiger partial charge in [-0.25, -0.2) is 0 Å². The van der Waals surface area contributed by atoms with E-state index in [0.29, 0.717) is 0 Å². The van der Waals surface area contributed by atoms with E-state index in [1.165, 1.54) is 37.0 Å². The van der Waals surface area contributed by atoms with Crippen molar-refractivity contribution in [3.05, 3.63) is 6.92 Å². The third kappa shape index (κ3) is 1.68. The van der Waals surface area contributed by atoms with Crippen molar-refractivity contribution in [2.45, 2.75) is 19.3 Å². The van der Waals surface area contributed by atoms with Crippen molar-refractivity contribution in [1.29, 1.82) is 0 Å². The van der Waals surface area contributed by atoms with Crippen molar-refractivity contribution in [2.24, 2.45) is 0 Å². The lowest BCUT2D eigenvalue weighted by Crippen LogP contribution is -2.41. The molecule has 0 atom stereocenters. The standard InChI is InChI=1S/C8H17N/c1-3-6-9(2)7-4-5-8-9/h1,3-8H2,2H3/q+1. The first-order valence-electron chi connectivity index (χ1n) is 3.90. The van der Waals surface area contributed by atoms with Gasteiger partial charge in [0.25, 0.3) is 0 Å². The number of rotatable bonds is 2. The Hall–Kier alpha value is -0.0400. The Morgan fingerprint density at radius 1 is 1.33 bits per heavy atom. The van der Waals surface area contributed by atoms with Crippen LogP contribution in [0.3, 0.4) is 0 Å². The smallest absolute Gasteiger partial charge is 0.0786 e. The quantitative estimate of drug-likeness (QED) is 0.492. The molecule has 1 aliphatic heterocycles. The summed E-state index contributed by atoms with van der Waals surface area (Å²) >= 11 is 0. The SMILES string of the molecule is [CH2]CC[N+]1(C)CCCC1. The Kier molecular flexibility index (Phi) is 2.12. The third-order valence-electron chi connectivity index (χ3n) is 2.34. The summed E-state index contributed by atoms with van der Waals surface area (Å²) in [7, 11) is 2.35. The van der Waals surface area contributed by atoms with Crippen LogP contribution in [0, 0.1) is 6.92 Å². The highest BCUT2D eigenvalue weighted by atomic mass is 15.3. The zero-order valence-corrected chi connectivity index (χ0v) is 6.40. The van der Waals surface area contributed by atoms with E-state index in [0.717, 1.165) is 6.42 Å². The Labute approximate surface area is 58.3 Å². The third-order valence-corrected chi connectivity index (χ3v) is 2.34. The Balaban J connectivity index is 2.32. The van der Waals surface area contributed by atoms with Crippen molar-refractivity contribution < 1.29 is 4.48 Å². The van der Waals surface area contributed by atoms with Crippen LogP contribution >= 0.6 is 0 Å². The number of hydrogen-bond donors (Lipinski definition) is 0. The van der Waals surface area contributed by atoms with Crippen LogP contribution in [0.1, 0.15) is 19.3 Å². The summed E-state index contributed by atoms with van der Waals surface area (Å²) in [5, 5.41) is 0. The van der Waals surface area contributed by atoms with Crippen LogP contribution < -0.4 is 0 Å². The molecule has 1 heteroatoms. The van der Waals surface area contributed by atoms with Gasteiger partial charge in [0.15, 0.2) is 0 Å². The van der Waals surface area contributed by atoms with Gasteiger partial charge < -0.3 is 4.48 Å². The van der Waals surface area contributed by atoms with Gasteiger partial charge >= 0.3 is 0 Å². The lowest BCUT2D eigenvalue weighted by Gasteiger charge is -2.28. The van der Waals surface area contributed by atoms with Gasteiger partial charge in [-0.3, -0.25) is 0 Å². The molecule has 1 rings (SSSR count). The van der Waals surface area contributed by atoms with Gasteiger partial charge in [-0.1, -0.05) is 0 Å². The fraction of sp³-hybridized carbons (Fsp3) is 0.875. The van der Waals surface area contributed by atoms with E-state index in [1.807, 2.05) is 0 Å². The van der Waals surface area contributed by atoms with Crippen LogP contribution in [0.25, 0.3) is 0 Å². The summed E-state index contributed by atoms with van der Waals surface area (Å²) in [4.78, 5) is 0. The number of quaternary nitrogens is 1. The van der Waals surface area contributed by atoms with Crippen LogP contribution in [0.4, 0.5) is 0 Å². The Morgan fingerprint density at radius 2 is 1.89 bits per heavy atom. The van der Waals surface area contributed by atoms with E-state index < -0.39 is 0 Å². The summed E-state index contributed by atoms with van der Waals surface area (Å²) in [6.07, 6.45) is 3.95. The fourth-order valence-electron chi connectivity index (χ4n) is 1.70. The van der Waals surface area contributed by atoms with Crippen molar-refractivity contribution in [3.8, 4) is 0 Å². The minimum Gasteiger partial charge on any atom is -0.326 e. The first kappa shape index (κ1) is 7.07. The average Bonchev–Trinajstić information content (AvgIpc) is 2.16. The zero-order valence-electron chi connectivity index (χ0n) is 6.40. The van der Waals surface area contributed by atoms with E-state index >= 15 is 0 Å². The molecule has 1 aliphatic rings. The van der Waals surface area contributed by atoms with Gasteiger partial charge in [0, 0.05) is 12.8 Å². The molecule has 1 saturated heterocycles. The van der Waals surface area contributed by atoms with Crippen LogP contribution in [0.2, 0.25) is 0 Å². The number of hydrogen-bond acceptors (Lipinski definition) is 0. The molecule has 1 radical (unpaired) electrons. The summed E-state index contributed by atoms with van der Waals surface area (Å²) in [5.74, 6) is 0. The molecule has 0 unspecified atom stereocenters. The summed E-state index contributed by atoms with van der Waals surface area (Å²) in [6.45, 7) is 7.93. The highest BCUT2D eigenvalue weighted by Gasteiger charge is 2.24. The van der Waals surface area contributed by atoms with E-state index in [-0.39, 0.29) is 0 Å². The van der Waals surface area contributed by atoms with Gasteiger partial charge in [-0.05, 0) is 13.3 Å². The van der Waals surface area contributed by atoms with Gasteiger partial charge in [-0.15, -0.1) is 0 Å². The molecule has 0 N–H and O–H groups in total. The van der Waals surface area contributed by atoms with Crippen molar-refractivity contribution in [3.63, 3.8) is 0 Å². The minimum atomic E-state index is 1.09. The summed E-state index contributed by atoms with van der Waals surface area (Å²) < 4.78 is 1.28. The maximum absolute atomic E-state index is 3.88. The normalized spacial score (nSPS) is 24.7. The molecular weight excluding hydrogens is 110 g/mol. The number of likely N-dealkylation sites (tertiary alicyclic amines) is 1. The van der Waals surface area contributed by atoms with Crippen LogP contribution in [0.5, 0.6) is 0 Å². The molecule has 0 amide bonds. The molecule has 1 heterocycles. The van der Waals surface area contributed by atoms with E-state index in [4.69, 9.17) is 0 Å². The molecule has 0 bridgehead atoms. The summed E-state index contributed by atoms with van der Waals surface area (Å²) in [6, 6.07) is 0. The van der Waals surface area contributed by atoms with E-state index in [1.54, 1.807) is 0 Å². The first-order chi connectivity index (χ1) is 4.27. The molecule has 0 aromatic heterocycles. The predicted molar refractivity (Wildman–Crippen MR) is 40.0 cm³/mol. The second-order valence-corrected chi connectivity index (χ2v) is 3.35. The monoisotopic (exact) mass is 127 g/mol. The minimum absolute atomic E-state index is 1.09. The highest BCUT2D eigenvalue weighted by molar-refractivity contribution is 4.52. The molecule has 0 aromatic rings.